The number of carbonyl (C=O) groups is 2. The first-order valence-corrected chi connectivity index (χ1v) is 13.1. The van der Waals surface area contributed by atoms with Gasteiger partial charge in [-0.15, -0.1) is 0 Å². The summed E-state index contributed by atoms with van der Waals surface area (Å²) in [6.45, 7) is 8.95. The number of halogens is 3. The first kappa shape index (κ1) is 27.3. The number of carbonyl (C=O) groups excluding carboxylic acids is 2. The van der Waals surface area contributed by atoms with Gasteiger partial charge in [-0.05, 0) is 36.3 Å². The lowest BCUT2D eigenvalue weighted by Crippen LogP contribution is -2.43. The largest absolute Gasteiger partial charge is 0.459 e. The van der Waals surface area contributed by atoms with Crippen LogP contribution in [-0.2, 0) is 19.1 Å². The van der Waals surface area contributed by atoms with E-state index in [0.717, 1.165) is 17.3 Å². The topological polar surface area (TPSA) is 71.4 Å². The quantitative estimate of drug-likeness (QED) is 0.469. The van der Waals surface area contributed by atoms with Gasteiger partial charge in [0.25, 0.3) is 0 Å². The molecule has 11 heteroatoms. The van der Waals surface area contributed by atoms with Crippen molar-refractivity contribution in [1.82, 2.24) is 9.80 Å². The lowest BCUT2D eigenvalue weighted by atomic mass is 9.91. The van der Waals surface area contributed by atoms with Crippen molar-refractivity contribution in [3.8, 4) is 0 Å². The summed E-state index contributed by atoms with van der Waals surface area (Å²) in [5.41, 5.74) is 0.100. The van der Waals surface area contributed by atoms with E-state index in [-0.39, 0.29) is 23.4 Å². The third-order valence-corrected chi connectivity index (χ3v) is 7.14. The fraction of sp³-hybridized carbons (Fsp3) is 0.500. The molecular formula is C26H30F3N3O4S. The first-order valence-electron chi connectivity index (χ1n) is 12.2. The molecule has 3 aliphatic heterocycles. The Bertz CT molecular complexity index is 1140. The van der Waals surface area contributed by atoms with Crippen molar-refractivity contribution in [3.63, 3.8) is 0 Å². The van der Waals surface area contributed by atoms with Crippen LogP contribution < -0.4 is 0 Å². The molecule has 0 radical (unpaired) electrons. The summed E-state index contributed by atoms with van der Waals surface area (Å²) in [5, 5.41) is 1.70. The molecule has 0 aliphatic carbocycles. The second-order valence-corrected chi connectivity index (χ2v) is 10.4. The van der Waals surface area contributed by atoms with Crippen LogP contribution >= 0.6 is 11.8 Å². The molecule has 0 saturated carbocycles. The summed E-state index contributed by atoms with van der Waals surface area (Å²) < 4.78 is 53.4. The monoisotopic (exact) mass is 537 g/mol. The standard InChI is InChI=1S/C26H30F3N3O4S/c1-15(2)17-5-7-18(8-6-17)22-21(24(34)36-16(3)4)23(26(27,28)29)30-25-32(22)19(14-37-25)13-20(33)31-9-11-35-12-10-31/h5-8,14-16,22H,9-13H2,1-4H3/t22-/m0/s1. The van der Waals surface area contributed by atoms with Crippen molar-refractivity contribution in [1.29, 1.82) is 0 Å². The van der Waals surface area contributed by atoms with Crippen LogP contribution in [0.5, 0.6) is 0 Å². The zero-order valence-corrected chi connectivity index (χ0v) is 22.0. The minimum absolute atomic E-state index is 0.0412. The summed E-state index contributed by atoms with van der Waals surface area (Å²) in [6, 6.07) is 5.98. The van der Waals surface area contributed by atoms with Crippen molar-refractivity contribution in [3.05, 3.63) is 57.8 Å². The highest BCUT2D eigenvalue weighted by Crippen LogP contribution is 2.48. The number of nitrogens with zero attached hydrogens (tertiary/aromatic N) is 3. The number of fused-ring (bicyclic) bond motifs is 1. The molecule has 0 aromatic heterocycles. The van der Waals surface area contributed by atoms with Gasteiger partial charge in [0, 0.05) is 18.8 Å². The summed E-state index contributed by atoms with van der Waals surface area (Å²) in [4.78, 5) is 33.4. The number of amidine groups is 1. The van der Waals surface area contributed by atoms with Gasteiger partial charge in [-0.2, -0.15) is 13.2 Å². The Kier molecular flexibility index (Phi) is 8.03. The van der Waals surface area contributed by atoms with Crippen LogP contribution in [0.3, 0.4) is 0 Å². The maximum absolute atomic E-state index is 14.3. The highest BCUT2D eigenvalue weighted by Gasteiger charge is 2.49. The van der Waals surface area contributed by atoms with Crippen molar-refractivity contribution in [2.45, 2.75) is 58.4 Å². The van der Waals surface area contributed by atoms with Crippen LogP contribution in [-0.4, -0.2) is 65.4 Å². The molecule has 1 saturated heterocycles. The minimum atomic E-state index is -4.88. The zero-order chi connectivity index (χ0) is 26.9. The van der Waals surface area contributed by atoms with E-state index in [4.69, 9.17) is 9.47 Å². The molecule has 1 aromatic rings. The number of hydrogen-bond acceptors (Lipinski definition) is 7. The Labute approximate surface area is 218 Å². The van der Waals surface area contributed by atoms with Crippen molar-refractivity contribution < 1.29 is 32.2 Å². The number of aliphatic imine (C=N–C) groups is 1. The first-order chi connectivity index (χ1) is 17.5. The Morgan fingerprint density at radius 3 is 2.35 bits per heavy atom. The second-order valence-electron chi connectivity index (χ2n) is 9.60. The number of allylic oxidation sites excluding steroid dienone is 1. The van der Waals surface area contributed by atoms with E-state index in [1.54, 1.807) is 41.2 Å². The van der Waals surface area contributed by atoms with E-state index < -0.39 is 35.6 Å². The van der Waals surface area contributed by atoms with Gasteiger partial charge in [0.05, 0.1) is 37.4 Å². The minimum Gasteiger partial charge on any atom is -0.459 e. The molecule has 37 heavy (non-hydrogen) atoms. The zero-order valence-electron chi connectivity index (χ0n) is 21.2. The Balaban J connectivity index is 1.80. The molecule has 0 bridgehead atoms. The predicted molar refractivity (Wildman–Crippen MR) is 135 cm³/mol. The second kappa shape index (κ2) is 10.9. The van der Waals surface area contributed by atoms with Gasteiger partial charge in [-0.25, -0.2) is 9.79 Å². The third kappa shape index (κ3) is 5.87. The van der Waals surface area contributed by atoms with Gasteiger partial charge in [0.15, 0.2) is 10.9 Å². The molecular weight excluding hydrogens is 507 g/mol. The highest BCUT2D eigenvalue weighted by atomic mass is 32.2. The maximum atomic E-state index is 14.3. The normalized spacial score (nSPS) is 20.3. The number of morpholine rings is 1. The van der Waals surface area contributed by atoms with E-state index in [1.165, 1.54) is 0 Å². The molecule has 0 unspecified atom stereocenters. The number of amides is 1. The molecule has 1 atom stereocenters. The molecule has 200 valence electrons. The molecule has 0 N–H and O–H groups in total. The van der Waals surface area contributed by atoms with Gasteiger partial charge in [-0.1, -0.05) is 49.9 Å². The summed E-state index contributed by atoms with van der Waals surface area (Å²) in [5.74, 6) is -1.03. The van der Waals surface area contributed by atoms with E-state index in [9.17, 15) is 22.8 Å². The lowest BCUT2D eigenvalue weighted by molar-refractivity contribution is -0.145. The van der Waals surface area contributed by atoms with Crippen LogP contribution in [0.2, 0.25) is 0 Å². The van der Waals surface area contributed by atoms with E-state index in [1.807, 2.05) is 26.0 Å². The van der Waals surface area contributed by atoms with Gasteiger partial charge in [0.1, 0.15) is 0 Å². The molecule has 3 aliphatic rings. The number of rotatable bonds is 6. The van der Waals surface area contributed by atoms with Gasteiger partial charge >= 0.3 is 12.1 Å². The fourth-order valence-corrected chi connectivity index (χ4v) is 5.33. The van der Waals surface area contributed by atoms with E-state index in [2.05, 4.69) is 4.99 Å². The van der Waals surface area contributed by atoms with E-state index in [0.29, 0.717) is 37.6 Å². The predicted octanol–water partition coefficient (Wildman–Crippen LogP) is 5.13. The van der Waals surface area contributed by atoms with Crippen molar-refractivity contribution in [2.24, 2.45) is 4.99 Å². The Morgan fingerprint density at radius 1 is 1.14 bits per heavy atom. The molecule has 0 spiro atoms. The lowest BCUT2D eigenvalue weighted by Gasteiger charge is -2.37. The van der Waals surface area contributed by atoms with Crippen LogP contribution in [0.4, 0.5) is 13.2 Å². The third-order valence-electron chi connectivity index (χ3n) is 6.26. The van der Waals surface area contributed by atoms with Crippen LogP contribution in [0, 0.1) is 0 Å². The average Bonchev–Trinajstić information content (AvgIpc) is 3.25. The maximum Gasteiger partial charge on any atom is 0.434 e. The highest BCUT2D eigenvalue weighted by molar-refractivity contribution is 8.16. The summed E-state index contributed by atoms with van der Waals surface area (Å²) in [7, 11) is 0. The molecule has 4 rings (SSSR count). The van der Waals surface area contributed by atoms with Gasteiger partial charge in [0.2, 0.25) is 5.91 Å². The number of thioether (sulfide) groups is 1. The summed E-state index contributed by atoms with van der Waals surface area (Å²) >= 11 is 1.01. The van der Waals surface area contributed by atoms with Gasteiger partial charge in [-0.3, -0.25) is 4.79 Å². The number of benzene rings is 1. The van der Waals surface area contributed by atoms with Crippen LogP contribution in [0.1, 0.15) is 57.2 Å². The number of esters is 1. The Morgan fingerprint density at radius 2 is 1.78 bits per heavy atom. The fourth-order valence-electron chi connectivity index (χ4n) is 4.42. The molecule has 7 nitrogen and oxygen atoms in total. The Hall–Kier alpha value is -2.79. The molecule has 3 heterocycles. The molecule has 1 aromatic carbocycles. The smallest absolute Gasteiger partial charge is 0.434 e. The summed E-state index contributed by atoms with van der Waals surface area (Å²) in [6.07, 6.45) is -5.55. The number of alkyl halides is 3. The number of hydrogen-bond donors (Lipinski definition) is 0. The van der Waals surface area contributed by atoms with Crippen LogP contribution in [0.25, 0.3) is 0 Å². The molecule has 1 fully saturated rings. The van der Waals surface area contributed by atoms with E-state index >= 15 is 0 Å². The van der Waals surface area contributed by atoms with Crippen molar-refractivity contribution >= 4 is 28.8 Å². The van der Waals surface area contributed by atoms with Crippen LogP contribution in [0.15, 0.2) is 51.6 Å². The number of ether oxygens (including phenoxy) is 2. The van der Waals surface area contributed by atoms with Crippen molar-refractivity contribution in [2.75, 3.05) is 26.3 Å². The van der Waals surface area contributed by atoms with Gasteiger partial charge < -0.3 is 19.3 Å². The molecule has 1 amide bonds. The average molecular weight is 538 g/mol. The SMILES string of the molecule is CC(C)OC(=O)C1=C(C(F)(F)F)N=C2SC=C(CC(=O)N3CCOCC3)N2[C@H]1c1ccc(C(C)C)cc1.